The van der Waals surface area contributed by atoms with Crippen molar-refractivity contribution in [2.75, 3.05) is 0 Å². The van der Waals surface area contributed by atoms with E-state index >= 15 is 0 Å². The van der Waals surface area contributed by atoms with Crippen LogP contribution in [-0.2, 0) is 23.7 Å². The number of hydrogen-bond acceptors (Lipinski definition) is 0. The number of halogens is 9. The highest BCUT2D eigenvalue weighted by molar-refractivity contribution is 6.31. The lowest BCUT2D eigenvalue weighted by Gasteiger charge is -2.32. The Morgan fingerprint density at radius 3 is 1.32 bits per heavy atom. The third-order valence-electron chi connectivity index (χ3n) is 4.07. The van der Waals surface area contributed by atoms with Crippen molar-refractivity contribution in [2.45, 2.75) is 23.7 Å². The average Bonchev–Trinajstić information content (AvgIpc) is 2.53. The molecule has 0 nitrogen and oxygen atoms in total. The van der Waals surface area contributed by atoms with Crippen LogP contribution in [0.3, 0.4) is 0 Å². The Morgan fingerprint density at radius 1 is 0.520 bits per heavy atom. The van der Waals surface area contributed by atoms with Crippen molar-refractivity contribution in [3.8, 4) is 0 Å². The average molecular weight is 387 g/mol. The molecule has 2 aromatic carbocycles. The van der Waals surface area contributed by atoms with Gasteiger partial charge in [0.25, 0.3) is 0 Å². The van der Waals surface area contributed by atoms with E-state index in [4.69, 9.17) is 11.6 Å². The molecule has 0 aromatic heterocycles. The summed E-state index contributed by atoms with van der Waals surface area (Å²) in [5, 5.41) is -1.16. The van der Waals surface area contributed by atoms with Crippen molar-refractivity contribution >= 4 is 11.6 Å². The highest BCUT2D eigenvalue weighted by atomic mass is 35.5. The van der Waals surface area contributed by atoms with Crippen LogP contribution >= 0.6 is 11.6 Å². The minimum absolute atomic E-state index is 0.155. The van der Waals surface area contributed by atoms with Gasteiger partial charge in [0.05, 0.1) is 5.02 Å². The van der Waals surface area contributed by atoms with Crippen LogP contribution in [0.4, 0.5) is 35.1 Å². The zero-order valence-corrected chi connectivity index (χ0v) is 12.7. The number of hydrogen-bond donors (Lipinski definition) is 0. The molecule has 0 fully saturated rings. The van der Waals surface area contributed by atoms with Gasteiger partial charge in [-0.2, -0.15) is 35.1 Å². The van der Waals surface area contributed by atoms with Gasteiger partial charge in [-0.15, -0.1) is 0 Å². The van der Waals surface area contributed by atoms with E-state index in [2.05, 4.69) is 0 Å². The van der Waals surface area contributed by atoms with Crippen molar-refractivity contribution in [3.63, 3.8) is 0 Å². The molecule has 134 valence electrons. The van der Waals surface area contributed by atoms with E-state index in [9.17, 15) is 35.1 Å². The second-order valence-electron chi connectivity index (χ2n) is 5.57. The van der Waals surface area contributed by atoms with Crippen LogP contribution < -0.4 is 0 Å². The molecule has 25 heavy (non-hydrogen) atoms. The van der Waals surface area contributed by atoms with Crippen LogP contribution in [0.25, 0.3) is 0 Å². The van der Waals surface area contributed by atoms with E-state index in [1.54, 1.807) is 0 Å². The van der Waals surface area contributed by atoms with E-state index in [1.807, 2.05) is 0 Å². The zero-order chi connectivity index (χ0) is 18.8. The Hall–Kier alpha value is -1.83. The van der Waals surface area contributed by atoms with Crippen molar-refractivity contribution < 1.29 is 35.1 Å². The van der Waals surface area contributed by atoms with Crippen LogP contribution in [0.2, 0.25) is 5.02 Å². The first-order valence-electron chi connectivity index (χ1n) is 6.76. The minimum Gasteiger partial charge on any atom is -0.194 e. The predicted molar refractivity (Wildman–Crippen MR) is 73.5 cm³/mol. The quantitative estimate of drug-likeness (QED) is 0.458. The Morgan fingerprint density at radius 2 is 0.880 bits per heavy atom. The monoisotopic (exact) mass is 386 g/mol. The fourth-order valence-corrected chi connectivity index (χ4v) is 2.87. The number of rotatable bonds is 0. The molecule has 4 aliphatic rings. The minimum atomic E-state index is -4.85. The summed E-state index contributed by atoms with van der Waals surface area (Å²) in [5.41, 5.74) is -5.40. The van der Waals surface area contributed by atoms with Crippen LogP contribution in [-0.4, -0.2) is 0 Å². The number of alkyl halides is 8. The third-order valence-corrected chi connectivity index (χ3v) is 4.38. The molecule has 4 aliphatic carbocycles. The van der Waals surface area contributed by atoms with Gasteiger partial charge in [-0.1, -0.05) is 48.0 Å². The molecule has 0 atom stereocenters. The fraction of sp³-hybridized carbons (Fsp3) is 0.250. The van der Waals surface area contributed by atoms with Gasteiger partial charge < -0.3 is 0 Å². The molecular weight excluding hydrogens is 380 g/mol. The van der Waals surface area contributed by atoms with Crippen molar-refractivity contribution in [1.82, 2.24) is 0 Å². The molecule has 2 aromatic rings. The Balaban J connectivity index is 2.41. The number of benzene rings is 2. The molecular formula is C16H7ClF8. The summed E-state index contributed by atoms with van der Waals surface area (Å²) >= 11 is 5.45. The van der Waals surface area contributed by atoms with Gasteiger partial charge in [0.2, 0.25) is 0 Å². The van der Waals surface area contributed by atoms with Gasteiger partial charge in [0, 0.05) is 22.3 Å². The van der Waals surface area contributed by atoms with Gasteiger partial charge in [0.15, 0.2) is 0 Å². The van der Waals surface area contributed by atoms with E-state index in [1.165, 1.54) is 0 Å². The second kappa shape index (κ2) is 5.09. The molecule has 0 aliphatic heterocycles. The van der Waals surface area contributed by atoms with Crippen molar-refractivity contribution in [2.24, 2.45) is 0 Å². The molecule has 0 unspecified atom stereocenters. The van der Waals surface area contributed by atoms with Crippen LogP contribution in [0.15, 0.2) is 42.5 Å². The molecule has 0 radical (unpaired) electrons. The maximum absolute atomic E-state index is 14.3. The van der Waals surface area contributed by atoms with Gasteiger partial charge >= 0.3 is 23.7 Å². The van der Waals surface area contributed by atoms with Crippen molar-refractivity contribution in [3.05, 3.63) is 69.7 Å². The normalized spacial score (nSPS) is 22.3. The predicted octanol–water partition coefficient (Wildman–Crippen LogP) is 6.42. The summed E-state index contributed by atoms with van der Waals surface area (Å²) < 4.78 is 114. The van der Waals surface area contributed by atoms with E-state index in [0.29, 0.717) is 0 Å². The lowest BCUT2D eigenvalue weighted by Crippen LogP contribution is -2.38. The van der Waals surface area contributed by atoms with E-state index in [-0.39, 0.29) is 42.5 Å². The lowest BCUT2D eigenvalue weighted by atomic mass is 9.89. The first-order chi connectivity index (χ1) is 11.3. The lowest BCUT2D eigenvalue weighted by molar-refractivity contribution is -0.227. The fourth-order valence-electron chi connectivity index (χ4n) is 2.57. The first-order valence-corrected chi connectivity index (χ1v) is 7.14. The summed E-state index contributed by atoms with van der Waals surface area (Å²) in [5.74, 6) is -19.2. The molecule has 0 amide bonds. The highest BCUT2D eigenvalue weighted by Gasteiger charge is 2.62. The smallest absolute Gasteiger partial charge is 0.194 e. The maximum atomic E-state index is 14.3. The molecule has 0 N–H and O–H groups in total. The summed E-state index contributed by atoms with van der Waals surface area (Å²) in [4.78, 5) is 0. The Labute approximate surface area is 141 Å². The zero-order valence-electron chi connectivity index (χ0n) is 11.9. The second-order valence-corrected chi connectivity index (χ2v) is 5.98. The molecule has 9 heteroatoms. The SMILES string of the molecule is FC1(F)c2ccc(cc2)C(F)(F)C(F)(F)c2ccc(cc2Cl)C1(F)F. The van der Waals surface area contributed by atoms with Gasteiger partial charge in [-0.05, 0) is 6.07 Å². The van der Waals surface area contributed by atoms with Crippen LogP contribution in [0.1, 0.15) is 22.3 Å². The van der Waals surface area contributed by atoms with Crippen molar-refractivity contribution in [1.29, 1.82) is 0 Å². The van der Waals surface area contributed by atoms with E-state index < -0.39 is 51.0 Å². The summed E-state index contributed by atoms with van der Waals surface area (Å²) in [7, 11) is 0. The first kappa shape index (κ1) is 18.0. The Bertz CT molecular complexity index is 827. The molecule has 0 saturated carbocycles. The molecule has 6 rings (SSSR count). The molecule has 0 spiro atoms. The third kappa shape index (κ3) is 2.26. The van der Waals surface area contributed by atoms with Crippen LogP contribution in [0, 0.1) is 0 Å². The maximum Gasteiger partial charge on any atom is 0.341 e. The summed E-state index contributed by atoms with van der Waals surface area (Å²) in [6, 6.07) is 1.72. The molecule has 0 saturated heterocycles. The molecule has 0 heterocycles. The Kier molecular flexibility index (Phi) is 3.66. The van der Waals surface area contributed by atoms with E-state index in [0.717, 1.165) is 0 Å². The van der Waals surface area contributed by atoms with Crippen LogP contribution in [0.5, 0.6) is 0 Å². The van der Waals surface area contributed by atoms with Gasteiger partial charge in [0.1, 0.15) is 0 Å². The topological polar surface area (TPSA) is 0 Å². The largest absolute Gasteiger partial charge is 0.341 e. The van der Waals surface area contributed by atoms with Gasteiger partial charge in [-0.25, -0.2) is 0 Å². The summed E-state index contributed by atoms with van der Waals surface area (Å²) in [6.45, 7) is 0. The summed E-state index contributed by atoms with van der Waals surface area (Å²) in [6.07, 6.45) is 0. The standard InChI is InChI=1S/C16H7ClF8/c17-12-7-10-5-6-11(12)16(24,25)14(20,21)9-3-1-8(2-4-9)13(18,19)15(10,22)23/h1-7H. The van der Waals surface area contributed by atoms with Gasteiger partial charge in [-0.3, -0.25) is 0 Å². The highest BCUT2D eigenvalue weighted by Crippen LogP contribution is 2.55. The molecule has 4 bridgehead atoms.